The monoisotopic (exact) mass is 426 g/mol. The van der Waals surface area contributed by atoms with Crippen LogP contribution in [0.25, 0.3) is 6.08 Å². The Labute approximate surface area is 178 Å². The third kappa shape index (κ3) is 4.67. The second-order valence-corrected chi connectivity index (χ2v) is 7.48. The first-order valence-corrected chi connectivity index (χ1v) is 9.82. The Hall–Kier alpha value is -3.10. The number of para-hydroxylation sites is 1. The molecule has 0 radical (unpaired) electrons. The summed E-state index contributed by atoms with van der Waals surface area (Å²) in [5, 5.41) is 1.08. The molecule has 1 heterocycles. The van der Waals surface area contributed by atoms with Crippen molar-refractivity contribution in [1.82, 2.24) is 10.4 Å². The van der Waals surface area contributed by atoms with E-state index in [1.54, 1.807) is 67.8 Å². The van der Waals surface area contributed by atoms with Crippen LogP contribution in [-0.4, -0.2) is 34.9 Å². The number of nitrogens with zero attached hydrogens (tertiary/aromatic N) is 1. The summed E-state index contributed by atoms with van der Waals surface area (Å²) in [6, 6.07) is 14.0. The third-order valence-corrected chi connectivity index (χ3v) is 5.21. The van der Waals surface area contributed by atoms with Crippen LogP contribution in [0.3, 0.4) is 0 Å². The van der Waals surface area contributed by atoms with Gasteiger partial charge in [-0.25, -0.2) is 0 Å². The number of thiocarbonyl (C=S) groups is 1. The van der Waals surface area contributed by atoms with Crippen LogP contribution >= 0.6 is 24.0 Å². The predicted octanol–water partition coefficient (Wildman–Crippen LogP) is 3.81. The molecule has 2 aromatic carbocycles. The van der Waals surface area contributed by atoms with E-state index in [1.165, 1.54) is 0 Å². The number of methoxy groups -OCH3 is 1. The van der Waals surface area contributed by atoms with Crippen LogP contribution in [0.5, 0.6) is 11.5 Å². The van der Waals surface area contributed by atoms with Gasteiger partial charge in [0.2, 0.25) is 0 Å². The molecule has 0 aromatic heterocycles. The zero-order chi connectivity index (χ0) is 20.8. The van der Waals surface area contributed by atoms with Gasteiger partial charge in [-0.15, -0.1) is 0 Å². The van der Waals surface area contributed by atoms with Gasteiger partial charge in [-0.2, -0.15) is 5.01 Å². The van der Waals surface area contributed by atoms with Gasteiger partial charge in [-0.1, -0.05) is 54.7 Å². The average molecular weight is 427 g/mol. The fraction of sp³-hybridized carbons (Fsp3) is 0.0952. The van der Waals surface area contributed by atoms with Gasteiger partial charge in [0.05, 0.1) is 12.0 Å². The van der Waals surface area contributed by atoms with E-state index in [4.69, 9.17) is 21.7 Å². The van der Waals surface area contributed by atoms with Gasteiger partial charge < -0.3 is 9.47 Å². The molecule has 1 N–H and O–H groups in total. The molecule has 0 saturated carbocycles. The van der Waals surface area contributed by atoms with Gasteiger partial charge in [0, 0.05) is 11.1 Å². The summed E-state index contributed by atoms with van der Waals surface area (Å²) in [5.74, 6) is 0.197. The van der Waals surface area contributed by atoms with E-state index in [0.717, 1.165) is 16.8 Å². The van der Waals surface area contributed by atoms with Crippen molar-refractivity contribution in [2.45, 2.75) is 0 Å². The van der Waals surface area contributed by atoms with Crippen LogP contribution in [0.2, 0.25) is 0 Å². The topological polar surface area (TPSA) is 67.9 Å². The molecule has 1 saturated heterocycles. The Kier molecular flexibility index (Phi) is 6.69. The Bertz CT molecular complexity index is 989. The zero-order valence-corrected chi connectivity index (χ0v) is 17.2. The lowest BCUT2D eigenvalue weighted by Gasteiger charge is -2.15. The molecule has 8 heteroatoms. The molecule has 0 bridgehead atoms. The fourth-order valence-electron chi connectivity index (χ4n) is 2.56. The molecular weight excluding hydrogens is 408 g/mol. The van der Waals surface area contributed by atoms with Crippen molar-refractivity contribution in [3.8, 4) is 11.5 Å². The lowest BCUT2D eigenvalue weighted by molar-refractivity contribution is -0.123. The number of hydrazine groups is 1. The van der Waals surface area contributed by atoms with Crippen molar-refractivity contribution < 1.29 is 19.1 Å². The molecule has 148 valence electrons. The predicted molar refractivity (Wildman–Crippen MR) is 118 cm³/mol. The highest BCUT2D eigenvalue weighted by Crippen LogP contribution is 2.37. The second-order valence-electron chi connectivity index (χ2n) is 5.80. The minimum Gasteiger partial charge on any atom is -0.493 e. The first kappa shape index (κ1) is 20.6. The van der Waals surface area contributed by atoms with Gasteiger partial charge in [0.25, 0.3) is 11.8 Å². The Morgan fingerprint density at radius 3 is 2.69 bits per heavy atom. The van der Waals surface area contributed by atoms with Gasteiger partial charge >= 0.3 is 0 Å². The maximum absolute atomic E-state index is 12.8. The van der Waals surface area contributed by atoms with Crippen LogP contribution in [0, 0.1) is 0 Å². The summed E-state index contributed by atoms with van der Waals surface area (Å²) < 4.78 is 11.3. The van der Waals surface area contributed by atoms with E-state index in [-0.39, 0.29) is 10.9 Å². The highest BCUT2D eigenvalue weighted by molar-refractivity contribution is 8.26. The molecule has 1 aliphatic heterocycles. The SMILES string of the molecule is C=CCOc1c(/C=C2\SC(=S)N(NC(=O)c3ccccc3)C2=O)cccc1OC. The number of carbonyl (C=O) groups is 2. The lowest BCUT2D eigenvalue weighted by atomic mass is 10.1. The van der Waals surface area contributed by atoms with Crippen LogP contribution in [0.4, 0.5) is 0 Å². The van der Waals surface area contributed by atoms with Gasteiger partial charge in [0.15, 0.2) is 15.8 Å². The molecule has 0 unspecified atom stereocenters. The van der Waals surface area contributed by atoms with Crippen molar-refractivity contribution in [3.05, 3.63) is 77.2 Å². The number of nitrogens with one attached hydrogen (secondary N) is 1. The Morgan fingerprint density at radius 2 is 2.00 bits per heavy atom. The van der Waals surface area contributed by atoms with E-state index in [1.807, 2.05) is 0 Å². The first-order valence-electron chi connectivity index (χ1n) is 8.60. The number of hydrogen-bond acceptors (Lipinski definition) is 6. The molecule has 0 atom stereocenters. The summed E-state index contributed by atoms with van der Waals surface area (Å²) in [5.41, 5.74) is 3.64. The van der Waals surface area contributed by atoms with Crippen LogP contribution < -0.4 is 14.9 Å². The number of thioether (sulfide) groups is 1. The van der Waals surface area contributed by atoms with Gasteiger partial charge in [-0.05, 0) is 36.5 Å². The molecule has 0 aliphatic carbocycles. The highest BCUT2D eigenvalue weighted by atomic mass is 32.2. The van der Waals surface area contributed by atoms with E-state index < -0.39 is 11.8 Å². The number of amides is 2. The molecule has 1 aliphatic rings. The minimum absolute atomic E-state index is 0.238. The number of benzene rings is 2. The maximum Gasteiger partial charge on any atom is 0.285 e. The molecule has 0 spiro atoms. The molecule has 3 rings (SSSR count). The molecule has 29 heavy (non-hydrogen) atoms. The molecule has 2 amide bonds. The van der Waals surface area contributed by atoms with Crippen LogP contribution in [0.1, 0.15) is 15.9 Å². The summed E-state index contributed by atoms with van der Waals surface area (Å²) in [4.78, 5) is 25.5. The number of carbonyl (C=O) groups excluding carboxylic acids is 2. The van der Waals surface area contributed by atoms with Crippen LogP contribution in [0.15, 0.2) is 66.1 Å². The standard InChI is InChI=1S/C21H18N2O4S2/c1-3-12-27-18-15(10-7-11-16(18)26-2)13-17-20(25)23(21(28)29-17)22-19(24)14-8-5-4-6-9-14/h3-11,13H,1,12H2,2H3,(H,22,24)/b17-13-. The van der Waals surface area contributed by atoms with Gasteiger partial charge in [-0.3, -0.25) is 15.0 Å². The third-order valence-electron chi connectivity index (χ3n) is 3.90. The van der Waals surface area contributed by atoms with Crippen molar-refractivity contribution in [2.75, 3.05) is 13.7 Å². The zero-order valence-electron chi connectivity index (χ0n) is 15.6. The van der Waals surface area contributed by atoms with E-state index >= 15 is 0 Å². The fourth-order valence-corrected chi connectivity index (χ4v) is 3.74. The largest absolute Gasteiger partial charge is 0.493 e. The minimum atomic E-state index is -0.417. The number of ether oxygens (including phenoxy) is 2. The van der Waals surface area contributed by atoms with Crippen molar-refractivity contribution in [2.24, 2.45) is 0 Å². The Morgan fingerprint density at radius 1 is 1.24 bits per heavy atom. The summed E-state index contributed by atoms with van der Waals surface area (Å²) in [6.45, 7) is 3.93. The quantitative estimate of drug-likeness (QED) is 0.413. The summed E-state index contributed by atoms with van der Waals surface area (Å²) >= 11 is 6.37. The highest BCUT2D eigenvalue weighted by Gasteiger charge is 2.34. The molecular formula is C21H18N2O4S2. The van der Waals surface area contributed by atoms with Crippen molar-refractivity contribution in [1.29, 1.82) is 0 Å². The lowest BCUT2D eigenvalue weighted by Crippen LogP contribution is -2.44. The second kappa shape index (κ2) is 9.40. The smallest absolute Gasteiger partial charge is 0.285 e. The van der Waals surface area contributed by atoms with Crippen molar-refractivity contribution >= 4 is 46.2 Å². The van der Waals surface area contributed by atoms with Gasteiger partial charge in [0.1, 0.15) is 6.61 Å². The van der Waals surface area contributed by atoms with E-state index in [0.29, 0.717) is 27.5 Å². The average Bonchev–Trinajstić information content (AvgIpc) is 3.00. The Balaban J connectivity index is 1.85. The van der Waals surface area contributed by atoms with E-state index in [2.05, 4.69) is 12.0 Å². The summed E-state index contributed by atoms with van der Waals surface area (Å²) in [6.07, 6.45) is 3.28. The number of hydrogen-bond donors (Lipinski definition) is 1. The van der Waals surface area contributed by atoms with Crippen LogP contribution in [-0.2, 0) is 4.79 Å². The maximum atomic E-state index is 12.8. The van der Waals surface area contributed by atoms with Crippen molar-refractivity contribution in [3.63, 3.8) is 0 Å². The first-order chi connectivity index (χ1) is 14.0. The number of rotatable bonds is 7. The normalized spacial score (nSPS) is 14.8. The molecule has 1 fully saturated rings. The summed E-state index contributed by atoms with van der Waals surface area (Å²) in [7, 11) is 1.54. The molecule has 2 aromatic rings. The van der Waals surface area contributed by atoms with E-state index in [9.17, 15) is 9.59 Å². The molecule has 6 nitrogen and oxygen atoms in total.